The summed E-state index contributed by atoms with van der Waals surface area (Å²) in [6.45, 7) is 3.51. The van der Waals surface area contributed by atoms with E-state index in [0.717, 1.165) is 11.4 Å². The average Bonchev–Trinajstić information content (AvgIpc) is 2.75. The molecule has 1 aromatic rings. The monoisotopic (exact) mass is 164 g/mol. The fraction of sp³-hybridized carbons (Fsp3) is 0.556. The summed E-state index contributed by atoms with van der Waals surface area (Å²) in [5, 5.41) is 4.29. The van der Waals surface area contributed by atoms with E-state index in [1.165, 1.54) is 12.8 Å². The van der Waals surface area contributed by atoms with Crippen LogP contribution in [0, 0.1) is 6.92 Å². The largest absolute Gasteiger partial charge is 0.293 e. The summed E-state index contributed by atoms with van der Waals surface area (Å²) in [6, 6.07) is 2.36. The summed E-state index contributed by atoms with van der Waals surface area (Å²) < 4.78 is 1.87. The van der Waals surface area contributed by atoms with Gasteiger partial charge in [-0.05, 0) is 25.8 Å². The topological polar surface area (TPSA) is 34.9 Å². The van der Waals surface area contributed by atoms with E-state index in [-0.39, 0.29) is 5.78 Å². The highest BCUT2D eigenvalue weighted by atomic mass is 16.1. The molecule has 0 aromatic carbocycles. The highest BCUT2D eigenvalue weighted by molar-refractivity contribution is 5.92. The molecular formula is C9H12N2O. The molecule has 3 heteroatoms. The minimum Gasteiger partial charge on any atom is -0.293 e. The predicted molar refractivity (Wildman–Crippen MR) is 45.2 cm³/mol. The lowest BCUT2D eigenvalue weighted by Gasteiger charge is -2.00. The van der Waals surface area contributed by atoms with Gasteiger partial charge in [0.2, 0.25) is 0 Å². The van der Waals surface area contributed by atoms with Gasteiger partial charge in [0.25, 0.3) is 0 Å². The Kier molecular flexibility index (Phi) is 1.53. The minimum atomic E-state index is 0.113. The van der Waals surface area contributed by atoms with Crippen molar-refractivity contribution in [1.82, 2.24) is 9.78 Å². The number of ketones is 1. The first kappa shape index (κ1) is 7.53. The van der Waals surface area contributed by atoms with Crippen LogP contribution in [0.3, 0.4) is 0 Å². The number of aromatic nitrogens is 2. The third-order valence-electron chi connectivity index (χ3n) is 2.11. The molecule has 0 amide bonds. The Morgan fingerprint density at radius 3 is 2.83 bits per heavy atom. The van der Waals surface area contributed by atoms with Crippen LogP contribution >= 0.6 is 0 Å². The molecule has 1 aromatic heterocycles. The summed E-state index contributed by atoms with van der Waals surface area (Å²) in [7, 11) is 0. The summed E-state index contributed by atoms with van der Waals surface area (Å²) >= 11 is 0. The van der Waals surface area contributed by atoms with Gasteiger partial charge in [0.1, 0.15) is 5.69 Å². The number of hydrogen-bond donors (Lipinski definition) is 0. The van der Waals surface area contributed by atoms with Gasteiger partial charge in [0, 0.05) is 6.92 Å². The number of rotatable bonds is 2. The Morgan fingerprint density at radius 1 is 1.67 bits per heavy atom. The van der Waals surface area contributed by atoms with E-state index in [2.05, 4.69) is 5.10 Å². The molecule has 0 atom stereocenters. The lowest BCUT2D eigenvalue weighted by molar-refractivity contribution is 0.100. The number of Topliss-reactive ketones (excluding diaryl/α,β-unsaturated/α-hetero) is 1. The Hall–Kier alpha value is -1.12. The molecular weight excluding hydrogens is 152 g/mol. The molecule has 1 heterocycles. The molecule has 1 fully saturated rings. The smallest absolute Gasteiger partial charge is 0.177 e. The molecule has 1 aliphatic rings. The van der Waals surface area contributed by atoms with Crippen molar-refractivity contribution < 1.29 is 4.79 Å². The van der Waals surface area contributed by atoms with Crippen molar-refractivity contribution in [3.05, 3.63) is 17.5 Å². The Balaban J connectivity index is 2.43. The Morgan fingerprint density at radius 2 is 2.33 bits per heavy atom. The van der Waals surface area contributed by atoms with Crippen molar-refractivity contribution >= 4 is 5.78 Å². The summed E-state index contributed by atoms with van der Waals surface area (Å²) in [5.74, 6) is 0.113. The zero-order chi connectivity index (χ0) is 8.72. The number of carbonyl (C=O) groups is 1. The molecule has 0 spiro atoms. The summed E-state index contributed by atoms with van der Waals surface area (Å²) in [5.41, 5.74) is 1.70. The number of hydrogen-bond acceptors (Lipinski definition) is 2. The second-order valence-corrected chi connectivity index (χ2v) is 3.40. The lowest BCUT2D eigenvalue weighted by Crippen LogP contribution is -2.05. The highest BCUT2D eigenvalue weighted by Gasteiger charge is 2.27. The van der Waals surface area contributed by atoms with Crippen molar-refractivity contribution in [3.63, 3.8) is 0 Å². The maximum absolute atomic E-state index is 11.2. The molecule has 1 saturated carbocycles. The van der Waals surface area contributed by atoms with Crippen molar-refractivity contribution in [2.24, 2.45) is 0 Å². The van der Waals surface area contributed by atoms with Gasteiger partial charge in [-0.15, -0.1) is 0 Å². The Labute approximate surface area is 71.4 Å². The molecule has 0 unspecified atom stereocenters. The molecule has 1 aliphatic carbocycles. The lowest BCUT2D eigenvalue weighted by atomic mass is 10.3. The second-order valence-electron chi connectivity index (χ2n) is 3.40. The minimum absolute atomic E-state index is 0.113. The van der Waals surface area contributed by atoms with E-state index in [9.17, 15) is 4.79 Å². The van der Waals surface area contributed by atoms with E-state index < -0.39 is 0 Å². The zero-order valence-corrected chi connectivity index (χ0v) is 7.37. The number of carbonyl (C=O) groups excluding carboxylic acids is 1. The van der Waals surface area contributed by atoms with Crippen LogP contribution in [0.5, 0.6) is 0 Å². The van der Waals surface area contributed by atoms with E-state index in [0.29, 0.717) is 6.04 Å². The summed E-state index contributed by atoms with van der Waals surface area (Å²) in [6.07, 6.45) is 2.34. The predicted octanol–water partition coefficient (Wildman–Crippen LogP) is 1.73. The molecule has 12 heavy (non-hydrogen) atoms. The van der Waals surface area contributed by atoms with Crippen molar-refractivity contribution in [1.29, 1.82) is 0 Å². The molecule has 0 aliphatic heterocycles. The SMILES string of the molecule is CC(=O)c1cc(C)nn1C1CC1. The van der Waals surface area contributed by atoms with Gasteiger partial charge in [0.05, 0.1) is 11.7 Å². The Bertz CT molecular complexity index is 323. The van der Waals surface area contributed by atoms with E-state index in [4.69, 9.17) is 0 Å². The normalized spacial score (nSPS) is 16.5. The standard InChI is InChI=1S/C9H12N2O/c1-6-5-9(7(2)12)11(10-6)8-3-4-8/h5,8H,3-4H2,1-2H3. The first-order chi connectivity index (χ1) is 5.68. The van der Waals surface area contributed by atoms with Gasteiger partial charge in [-0.3, -0.25) is 9.48 Å². The molecule has 0 radical (unpaired) electrons. The van der Waals surface area contributed by atoms with Crippen molar-refractivity contribution in [2.45, 2.75) is 32.7 Å². The summed E-state index contributed by atoms with van der Waals surface area (Å²) in [4.78, 5) is 11.2. The van der Waals surface area contributed by atoms with E-state index in [1.54, 1.807) is 6.92 Å². The van der Waals surface area contributed by atoms with Crippen LogP contribution in [0.1, 0.15) is 42.0 Å². The van der Waals surface area contributed by atoms with Crippen LogP contribution in [0.15, 0.2) is 6.07 Å². The molecule has 0 N–H and O–H groups in total. The number of aryl methyl sites for hydroxylation is 1. The maximum Gasteiger partial charge on any atom is 0.177 e. The van der Waals surface area contributed by atoms with Crippen molar-refractivity contribution in [3.8, 4) is 0 Å². The highest BCUT2D eigenvalue weighted by Crippen LogP contribution is 2.35. The van der Waals surface area contributed by atoms with Gasteiger partial charge in [-0.25, -0.2) is 0 Å². The fourth-order valence-electron chi connectivity index (χ4n) is 1.38. The second kappa shape index (κ2) is 2.44. The van der Waals surface area contributed by atoms with E-state index in [1.807, 2.05) is 17.7 Å². The first-order valence-electron chi connectivity index (χ1n) is 4.25. The van der Waals surface area contributed by atoms with Crippen LogP contribution in [0.2, 0.25) is 0 Å². The van der Waals surface area contributed by atoms with Gasteiger partial charge in [-0.1, -0.05) is 0 Å². The third kappa shape index (κ3) is 1.15. The van der Waals surface area contributed by atoms with Crippen LogP contribution in [0.4, 0.5) is 0 Å². The number of nitrogens with zero attached hydrogens (tertiary/aromatic N) is 2. The molecule has 3 nitrogen and oxygen atoms in total. The van der Waals surface area contributed by atoms with Gasteiger partial charge in [0.15, 0.2) is 5.78 Å². The van der Waals surface area contributed by atoms with E-state index >= 15 is 0 Å². The maximum atomic E-state index is 11.2. The van der Waals surface area contributed by atoms with Gasteiger partial charge < -0.3 is 0 Å². The third-order valence-corrected chi connectivity index (χ3v) is 2.11. The van der Waals surface area contributed by atoms with Crippen LogP contribution in [-0.4, -0.2) is 15.6 Å². The molecule has 2 rings (SSSR count). The first-order valence-corrected chi connectivity index (χ1v) is 4.25. The van der Waals surface area contributed by atoms with Gasteiger partial charge >= 0.3 is 0 Å². The fourth-order valence-corrected chi connectivity index (χ4v) is 1.38. The molecule has 64 valence electrons. The van der Waals surface area contributed by atoms with Crippen LogP contribution < -0.4 is 0 Å². The molecule has 0 saturated heterocycles. The zero-order valence-electron chi connectivity index (χ0n) is 7.37. The quantitative estimate of drug-likeness (QED) is 0.624. The average molecular weight is 164 g/mol. The molecule has 0 bridgehead atoms. The van der Waals surface area contributed by atoms with Crippen molar-refractivity contribution in [2.75, 3.05) is 0 Å². The van der Waals surface area contributed by atoms with Crippen LogP contribution in [-0.2, 0) is 0 Å². The van der Waals surface area contributed by atoms with Crippen LogP contribution in [0.25, 0.3) is 0 Å². The van der Waals surface area contributed by atoms with Gasteiger partial charge in [-0.2, -0.15) is 5.10 Å².